The first-order chi connectivity index (χ1) is 9.95. The van der Waals surface area contributed by atoms with Gasteiger partial charge in [-0.1, -0.05) is 26.0 Å². The van der Waals surface area contributed by atoms with Gasteiger partial charge in [-0.15, -0.1) is 0 Å². The fraction of sp³-hybridized carbons (Fsp3) is 0.600. The molecule has 5 nitrogen and oxygen atoms in total. The van der Waals surface area contributed by atoms with E-state index in [1.54, 1.807) is 12.1 Å². The van der Waals surface area contributed by atoms with Gasteiger partial charge in [0.1, 0.15) is 4.90 Å². The summed E-state index contributed by atoms with van der Waals surface area (Å²) in [6, 6.07) is 7.07. The maximum absolute atomic E-state index is 12.4. The number of piperidine rings is 1. The minimum Gasteiger partial charge on any atom is -0.393 e. The van der Waals surface area contributed by atoms with E-state index in [4.69, 9.17) is 0 Å². The Balaban J connectivity index is 2.29. The number of rotatable bonds is 5. The highest BCUT2D eigenvalue weighted by Gasteiger charge is 2.28. The number of nitrogens with zero attached hydrogens (tertiary/aromatic N) is 1. The molecule has 1 aromatic carbocycles. The molecule has 2 unspecified atom stereocenters. The van der Waals surface area contributed by atoms with Crippen LogP contribution in [0, 0.1) is 5.92 Å². The van der Waals surface area contributed by atoms with Gasteiger partial charge in [-0.3, -0.25) is 0 Å². The van der Waals surface area contributed by atoms with Crippen LogP contribution in [0.2, 0.25) is 0 Å². The van der Waals surface area contributed by atoms with Crippen LogP contribution < -0.4 is 9.62 Å². The molecule has 1 saturated heterocycles. The summed E-state index contributed by atoms with van der Waals surface area (Å²) in [5.41, 5.74) is 0.722. The molecule has 0 amide bonds. The van der Waals surface area contributed by atoms with Crippen LogP contribution in [-0.2, 0) is 10.0 Å². The van der Waals surface area contributed by atoms with E-state index >= 15 is 0 Å². The molecule has 0 spiro atoms. The second-order valence-corrected chi connectivity index (χ2v) is 7.38. The molecule has 1 fully saturated rings. The van der Waals surface area contributed by atoms with Crippen molar-refractivity contribution in [1.29, 1.82) is 0 Å². The predicted octanol–water partition coefficient (Wildman–Crippen LogP) is 1.58. The average molecular weight is 312 g/mol. The number of hydrogen-bond acceptors (Lipinski definition) is 4. The predicted molar refractivity (Wildman–Crippen MR) is 83.9 cm³/mol. The summed E-state index contributed by atoms with van der Waals surface area (Å²) in [4.78, 5) is 2.37. The molecule has 1 heterocycles. The monoisotopic (exact) mass is 312 g/mol. The van der Waals surface area contributed by atoms with Gasteiger partial charge >= 0.3 is 0 Å². The third kappa shape index (κ3) is 3.75. The molecular formula is C15H24N2O3S. The van der Waals surface area contributed by atoms with Crippen LogP contribution in [0.4, 0.5) is 5.69 Å². The van der Waals surface area contributed by atoms with Crippen molar-refractivity contribution in [2.24, 2.45) is 5.92 Å². The van der Waals surface area contributed by atoms with Gasteiger partial charge in [-0.25, -0.2) is 13.1 Å². The summed E-state index contributed by atoms with van der Waals surface area (Å²) < 4.78 is 27.4. The van der Waals surface area contributed by atoms with Gasteiger partial charge in [-0.2, -0.15) is 0 Å². The first-order valence-electron chi connectivity index (χ1n) is 7.47. The quantitative estimate of drug-likeness (QED) is 0.866. The maximum Gasteiger partial charge on any atom is 0.242 e. The van der Waals surface area contributed by atoms with Gasteiger partial charge in [0, 0.05) is 19.6 Å². The van der Waals surface area contributed by atoms with E-state index < -0.39 is 10.0 Å². The van der Waals surface area contributed by atoms with Crippen LogP contribution in [0.25, 0.3) is 0 Å². The summed E-state index contributed by atoms with van der Waals surface area (Å²) in [7, 11) is -3.49. The molecular weight excluding hydrogens is 288 g/mol. The van der Waals surface area contributed by atoms with Crippen LogP contribution >= 0.6 is 0 Å². The highest BCUT2D eigenvalue weighted by molar-refractivity contribution is 7.89. The molecule has 2 atom stereocenters. The number of aliphatic hydroxyl groups is 1. The number of aliphatic hydroxyl groups excluding tert-OH is 1. The fourth-order valence-corrected chi connectivity index (χ4v) is 3.97. The lowest BCUT2D eigenvalue weighted by Gasteiger charge is -2.36. The number of sulfonamides is 1. The van der Waals surface area contributed by atoms with Crippen molar-refractivity contribution >= 4 is 15.7 Å². The van der Waals surface area contributed by atoms with Crippen LogP contribution in [0.3, 0.4) is 0 Å². The fourth-order valence-electron chi connectivity index (χ4n) is 2.61. The van der Waals surface area contributed by atoms with E-state index in [1.807, 2.05) is 26.0 Å². The van der Waals surface area contributed by atoms with E-state index in [0.29, 0.717) is 31.0 Å². The van der Waals surface area contributed by atoms with Crippen molar-refractivity contribution in [1.82, 2.24) is 4.72 Å². The first kappa shape index (κ1) is 16.3. The molecule has 1 aromatic rings. The minimum absolute atomic E-state index is 0.137. The van der Waals surface area contributed by atoms with E-state index in [-0.39, 0.29) is 12.0 Å². The average Bonchev–Trinajstić information content (AvgIpc) is 2.48. The molecule has 0 bridgehead atoms. The standard InChI is InChI=1S/C15H24N2O3S/c1-3-9-16-21(19,20)15-7-5-4-6-13(15)17-10-8-14(18)12(2)11-17/h4-7,12,14,16,18H,3,8-11H2,1-2H3. The Kier molecular flexibility index (Phi) is 5.24. The zero-order valence-corrected chi connectivity index (χ0v) is 13.4. The van der Waals surface area contributed by atoms with E-state index in [1.165, 1.54) is 0 Å². The number of nitrogens with one attached hydrogen (secondary N) is 1. The smallest absolute Gasteiger partial charge is 0.242 e. The molecule has 0 saturated carbocycles. The molecule has 1 aliphatic heterocycles. The number of hydrogen-bond donors (Lipinski definition) is 2. The van der Waals surface area contributed by atoms with Crippen LogP contribution in [-0.4, -0.2) is 39.3 Å². The second-order valence-electron chi connectivity index (χ2n) is 5.64. The molecule has 0 radical (unpaired) electrons. The first-order valence-corrected chi connectivity index (χ1v) is 8.95. The molecule has 0 aromatic heterocycles. The number of benzene rings is 1. The summed E-state index contributed by atoms with van der Waals surface area (Å²) in [5, 5.41) is 9.83. The molecule has 2 N–H and O–H groups in total. The van der Waals surface area contributed by atoms with Gasteiger partial charge in [0.2, 0.25) is 10.0 Å². The van der Waals surface area contributed by atoms with Crippen molar-refractivity contribution in [2.45, 2.75) is 37.7 Å². The van der Waals surface area contributed by atoms with Gasteiger partial charge in [0.15, 0.2) is 0 Å². The van der Waals surface area contributed by atoms with E-state index in [2.05, 4.69) is 9.62 Å². The number of para-hydroxylation sites is 1. The Labute approximate surface area is 127 Å². The third-order valence-electron chi connectivity index (χ3n) is 3.90. The van der Waals surface area contributed by atoms with Gasteiger partial charge in [0.05, 0.1) is 11.8 Å². The molecule has 6 heteroatoms. The van der Waals surface area contributed by atoms with Gasteiger partial charge in [-0.05, 0) is 30.9 Å². The van der Waals surface area contributed by atoms with E-state index in [0.717, 1.165) is 12.1 Å². The summed E-state index contributed by atoms with van der Waals surface area (Å²) in [6.45, 7) is 5.70. The zero-order valence-electron chi connectivity index (χ0n) is 12.6. The van der Waals surface area contributed by atoms with E-state index in [9.17, 15) is 13.5 Å². The zero-order chi connectivity index (χ0) is 15.5. The van der Waals surface area contributed by atoms with Gasteiger partial charge in [0.25, 0.3) is 0 Å². The minimum atomic E-state index is -3.49. The Bertz CT molecular complexity index is 574. The molecule has 0 aliphatic carbocycles. The van der Waals surface area contributed by atoms with Crippen LogP contribution in [0.15, 0.2) is 29.2 Å². The van der Waals surface area contributed by atoms with Crippen molar-refractivity contribution in [3.63, 3.8) is 0 Å². The highest BCUT2D eigenvalue weighted by Crippen LogP contribution is 2.29. The third-order valence-corrected chi connectivity index (χ3v) is 5.41. The highest BCUT2D eigenvalue weighted by atomic mass is 32.2. The second kappa shape index (κ2) is 6.77. The molecule has 21 heavy (non-hydrogen) atoms. The molecule has 2 rings (SSSR count). The lowest BCUT2D eigenvalue weighted by molar-refractivity contribution is 0.0969. The summed E-state index contributed by atoms with van der Waals surface area (Å²) in [5.74, 6) is 0.137. The Morgan fingerprint density at radius 3 is 2.76 bits per heavy atom. The van der Waals surface area contributed by atoms with Crippen molar-refractivity contribution in [2.75, 3.05) is 24.5 Å². The lowest BCUT2D eigenvalue weighted by atomic mass is 9.96. The Morgan fingerprint density at radius 1 is 1.38 bits per heavy atom. The van der Waals surface area contributed by atoms with Crippen LogP contribution in [0.5, 0.6) is 0 Å². The SMILES string of the molecule is CCCNS(=O)(=O)c1ccccc1N1CCC(O)C(C)C1. The lowest BCUT2D eigenvalue weighted by Crippen LogP contribution is -2.42. The largest absolute Gasteiger partial charge is 0.393 e. The maximum atomic E-state index is 12.4. The molecule has 118 valence electrons. The summed E-state index contributed by atoms with van der Waals surface area (Å²) >= 11 is 0. The van der Waals surface area contributed by atoms with Gasteiger partial charge < -0.3 is 10.0 Å². The van der Waals surface area contributed by atoms with Crippen LogP contribution in [0.1, 0.15) is 26.7 Å². The Morgan fingerprint density at radius 2 is 2.10 bits per heavy atom. The topological polar surface area (TPSA) is 69.6 Å². The van der Waals surface area contributed by atoms with Crippen molar-refractivity contribution in [3.8, 4) is 0 Å². The Hall–Kier alpha value is -1.11. The normalized spacial score (nSPS) is 23.3. The number of anilines is 1. The molecule has 1 aliphatic rings. The van der Waals surface area contributed by atoms with Crippen molar-refractivity contribution in [3.05, 3.63) is 24.3 Å². The summed E-state index contributed by atoms with van der Waals surface area (Å²) in [6.07, 6.45) is 1.12. The van der Waals surface area contributed by atoms with Crippen molar-refractivity contribution < 1.29 is 13.5 Å².